The highest BCUT2D eigenvalue weighted by atomic mass is 32.2. The third kappa shape index (κ3) is 3.06. The number of hydrogen-bond donors (Lipinski definition) is 2. The lowest BCUT2D eigenvalue weighted by Gasteiger charge is -2.23. The van der Waals surface area contributed by atoms with Gasteiger partial charge in [0.2, 0.25) is 0 Å². The molecule has 0 bridgehead atoms. The number of benzene rings is 1. The normalized spacial score (nSPS) is 18.2. The highest BCUT2D eigenvalue weighted by molar-refractivity contribution is 7.98. The Labute approximate surface area is 112 Å². The van der Waals surface area contributed by atoms with Gasteiger partial charge in [-0.15, -0.1) is 11.8 Å². The van der Waals surface area contributed by atoms with Crippen LogP contribution in [0.1, 0.15) is 30.1 Å². The van der Waals surface area contributed by atoms with Gasteiger partial charge in [0.1, 0.15) is 0 Å². The van der Waals surface area contributed by atoms with Crippen LogP contribution in [-0.4, -0.2) is 29.4 Å². The monoisotopic (exact) mass is 265 g/mol. The summed E-state index contributed by atoms with van der Waals surface area (Å²) in [4.78, 5) is 13.0. The van der Waals surface area contributed by atoms with Crippen LogP contribution in [0.25, 0.3) is 0 Å². The van der Waals surface area contributed by atoms with Crippen molar-refractivity contribution in [1.29, 1.82) is 0 Å². The Hall–Kier alpha value is -1.00. The summed E-state index contributed by atoms with van der Waals surface area (Å²) in [5, 5.41) is 13.0. The van der Waals surface area contributed by atoms with Crippen molar-refractivity contribution >= 4 is 17.7 Å². The van der Waals surface area contributed by atoms with E-state index in [0.717, 1.165) is 17.7 Å². The van der Waals surface area contributed by atoms with Gasteiger partial charge in [-0.2, -0.15) is 0 Å². The maximum atomic E-state index is 12.1. The molecule has 1 aromatic carbocycles. The SMILES string of the molecule is CSc1ccccc1C(=O)NCC(C)(O)C1CC1. The van der Waals surface area contributed by atoms with Crippen LogP contribution in [0, 0.1) is 5.92 Å². The average molecular weight is 265 g/mol. The van der Waals surface area contributed by atoms with Gasteiger partial charge in [0, 0.05) is 11.4 Å². The van der Waals surface area contributed by atoms with E-state index in [0.29, 0.717) is 18.0 Å². The van der Waals surface area contributed by atoms with Crippen LogP contribution in [0.5, 0.6) is 0 Å². The zero-order chi connectivity index (χ0) is 13.2. The molecule has 2 rings (SSSR count). The van der Waals surface area contributed by atoms with Crippen LogP contribution in [0.4, 0.5) is 0 Å². The van der Waals surface area contributed by atoms with Crippen molar-refractivity contribution < 1.29 is 9.90 Å². The molecule has 0 aliphatic heterocycles. The number of amides is 1. The van der Waals surface area contributed by atoms with E-state index in [-0.39, 0.29) is 5.91 Å². The third-order valence-corrected chi connectivity index (χ3v) is 4.21. The van der Waals surface area contributed by atoms with E-state index < -0.39 is 5.60 Å². The Morgan fingerprint density at radius 1 is 1.50 bits per heavy atom. The highest BCUT2D eigenvalue weighted by Gasteiger charge is 2.40. The summed E-state index contributed by atoms with van der Waals surface area (Å²) in [6.07, 6.45) is 4.07. The number of aliphatic hydroxyl groups is 1. The summed E-state index contributed by atoms with van der Waals surface area (Å²) in [6, 6.07) is 7.52. The van der Waals surface area contributed by atoms with Gasteiger partial charge in [0.15, 0.2) is 0 Å². The molecule has 0 aromatic heterocycles. The minimum Gasteiger partial charge on any atom is -0.388 e. The molecule has 1 saturated carbocycles. The van der Waals surface area contributed by atoms with Gasteiger partial charge in [-0.05, 0) is 44.1 Å². The molecule has 1 amide bonds. The Balaban J connectivity index is 1.99. The lowest BCUT2D eigenvalue weighted by Crippen LogP contribution is -2.42. The molecule has 1 aliphatic carbocycles. The summed E-state index contributed by atoms with van der Waals surface area (Å²) in [5.41, 5.74) is -0.0964. The first-order valence-corrected chi connectivity index (χ1v) is 7.40. The van der Waals surface area contributed by atoms with Gasteiger partial charge >= 0.3 is 0 Å². The molecule has 0 radical (unpaired) electrons. The largest absolute Gasteiger partial charge is 0.388 e. The molecule has 2 N–H and O–H groups in total. The standard InChI is InChI=1S/C14H19NO2S/c1-14(17,10-7-8-10)9-15-13(16)11-5-3-4-6-12(11)18-2/h3-6,10,17H,7-9H2,1-2H3,(H,15,16). The van der Waals surface area contributed by atoms with Gasteiger partial charge in [-0.1, -0.05) is 12.1 Å². The fraction of sp³-hybridized carbons (Fsp3) is 0.500. The average Bonchev–Trinajstić information content (AvgIpc) is 3.20. The second kappa shape index (κ2) is 5.33. The van der Waals surface area contributed by atoms with Gasteiger partial charge in [0.05, 0.1) is 11.2 Å². The summed E-state index contributed by atoms with van der Waals surface area (Å²) in [7, 11) is 0. The first-order chi connectivity index (χ1) is 8.54. The van der Waals surface area contributed by atoms with Gasteiger partial charge in [0.25, 0.3) is 5.91 Å². The van der Waals surface area contributed by atoms with Crippen molar-refractivity contribution in [2.24, 2.45) is 5.92 Å². The van der Waals surface area contributed by atoms with Crippen LogP contribution in [0.3, 0.4) is 0 Å². The van der Waals surface area contributed by atoms with Crippen LogP contribution in [0.15, 0.2) is 29.2 Å². The quantitative estimate of drug-likeness (QED) is 0.803. The van der Waals surface area contributed by atoms with E-state index in [1.54, 1.807) is 18.7 Å². The van der Waals surface area contributed by atoms with Gasteiger partial charge < -0.3 is 10.4 Å². The van der Waals surface area contributed by atoms with Crippen LogP contribution in [0.2, 0.25) is 0 Å². The van der Waals surface area contributed by atoms with Crippen molar-refractivity contribution in [2.45, 2.75) is 30.3 Å². The number of rotatable bonds is 5. The van der Waals surface area contributed by atoms with Crippen molar-refractivity contribution in [3.63, 3.8) is 0 Å². The first-order valence-electron chi connectivity index (χ1n) is 6.18. The fourth-order valence-electron chi connectivity index (χ4n) is 2.04. The predicted molar refractivity (Wildman–Crippen MR) is 73.9 cm³/mol. The topological polar surface area (TPSA) is 49.3 Å². The molecule has 0 spiro atoms. The first kappa shape index (κ1) is 13.4. The van der Waals surface area contributed by atoms with E-state index in [1.165, 1.54) is 0 Å². The summed E-state index contributed by atoms with van der Waals surface area (Å²) in [5.74, 6) is 0.231. The minimum atomic E-state index is -0.774. The maximum Gasteiger partial charge on any atom is 0.252 e. The predicted octanol–water partition coefficient (Wildman–Crippen LogP) is 2.30. The molecule has 1 aromatic rings. The van der Waals surface area contributed by atoms with Crippen LogP contribution >= 0.6 is 11.8 Å². The summed E-state index contributed by atoms with van der Waals surface area (Å²) in [6.45, 7) is 2.12. The number of nitrogens with one attached hydrogen (secondary N) is 1. The summed E-state index contributed by atoms with van der Waals surface area (Å²) < 4.78 is 0. The molecular formula is C14H19NO2S. The second-order valence-electron chi connectivity index (χ2n) is 5.01. The molecule has 3 nitrogen and oxygen atoms in total. The van der Waals surface area contributed by atoms with Gasteiger partial charge in [-0.3, -0.25) is 4.79 Å². The summed E-state index contributed by atoms with van der Waals surface area (Å²) >= 11 is 1.55. The number of carbonyl (C=O) groups excluding carboxylic acids is 1. The maximum absolute atomic E-state index is 12.1. The van der Waals surface area contributed by atoms with Crippen molar-refractivity contribution in [3.05, 3.63) is 29.8 Å². The molecular weight excluding hydrogens is 246 g/mol. The zero-order valence-electron chi connectivity index (χ0n) is 10.8. The molecule has 1 fully saturated rings. The molecule has 1 atom stereocenters. The third-order valence-electron chi connectivity index (χ3n) is 3.42. The Morgan fingerprint density at radius 3 is 2.78 bits per heavy atom. The van der Waals surface area contributed by atoms with Crippen LogP contribution in [-0.2, 0) is 0 Å². The Morgan fingerprint density at radius 2 is 2.17 bits per heavy atom. The molecule has 0 saturated heterocycles. The molecule has 1 unspecified atom stereocenters. The van der Waals surface area contributed by atoms with E-state index in [4.69, 9.17) is 0 Å². The van der Waals surface area contributed by atoms with Crippen molar-refractivity contribution in [3.8, 4) is 0 Å². The van der Waals surface area contributed by atoms with Crippen LogP contribution < -0.4 is 5.32 Å². The lowest BCUT2D eigenvalue weighted by molar-refractivity contribution is 0.0354. The van der Waals surface area contributed by atoms with Crippen molar-refractivity contribution in [2.75, 3.05) is 12.8 Å². The number of thioether (sulfide) groups is 1. The molecule has 98 valence electrons. The number of carbonyl (C=O) groups is 1. The molecule has 1 aliphatic rings. The smallest absolute Gasteiger partial charge is 0.252 e. The minimum absolute atomic E-state index is 0.110. The highest BCUT2D eigenvalue weighted by Crippen LogP contribution is 2.39. The van der Waals surface area contributed by atoms with E-state index >= 15 is 0 Å². The zero-order valence-corrected chi connectivity index (χ0v) is 11.6. The Bertz CT molecular complexity index is 441. The fourth-order valence-corrected chi connectivity index (χ4v) is 2.63. The molecule has 18 heavy (non-hydrogen) atoms. The Kier molecular flexibility index (Phi) is 3.97. The van der Waals surface area contributed by atoms with E-state index in [2.05, 4.69) is 5.32 Å². The number of hydrogen-bond acceptors (Lipinski definition) is 3. The van der Waals surface area contributed by atoms with E-state index in [9.17, 15) is 9.90 Å². The van der Waals surface area contributed by atoms with Gasteiger partial charge in [-0.25, -0.2) is 0 Å². The van der Waals surface area contributed by atoms with Crippen molar-refractivity contribution in [1.82, 2.24) is 5.32 Å². The van der Waals surface area contributed by atoms with E-state index in [1.807, 2.05) is 30.5 Å². The lowest BCUT2D eigenvalue weighted by atomic mass is 10.0. The second-order valence-corrected chi connectivity index (χ2v) is 5.86. The molecule has 0 heterocycles. The molecule has 4 heteroatoms.